The first-order valence-electron chi connectivity index (χ1n) is 22.3. The SMILES string of the molecule is CC(C)=CCCC1(C)C=Cc2c(c(CC=C(C)C)c3c(c2OP(=O)(O)O)C(=O)C2C(N4CCOCC4)C4CC5C(C)(C)OC(C/C=C(/C)C(=O)NC6CCC(=O)NC6=O)(C4=O)C25O3)O1. The number of amides is 3. The molecule has 1 aromatic rings. The van der Waals surface area contributed by atoms with Gasteiger partial charge >= 0.3 is 7.82 Å². The third-order valence-corrected chi connectivity index (χ3v) is 14.7. The van der Waals surface area contributed by atoms with Gasteiger partial charge in [-0.2, -0.15) is 0 Å². The number of piperidine rings is 1. The zero-order chi connectivity index (χ0) is 46.3. The first-order chi connectivity index (χ1) is 30.0. The zero-order valence-corrected chi connectivity index (χ0v) is 38.7. The van der Waals surface area contributed by atoms with Crippen molar-refractivity contribution in [1.82, 2.24) is 15.5 Å². The molecule has 64 heavy (non-hydrogen) atoms. The molecule has 0 radical (unpaired) electrons. The van der Waals surface area contributed by atoms with Crippen LogP contribution in [0.3, 0.4) is 0 Å². The number of imide groups is 1. The standard InChI is InChI=1S/C47H60N3O13P/c1-25(2)10-9-17-45(8)18-16-29-38(60-45)28(12-11-26(3)4)39-34(40(29)62-64(56,57)58)37(52)35-36(50-20-22-59-23-21-50)30-24-32-44(6,7)63-46(41(30)53,47(32,35)61-39)19-15-27(5)42(54)48-31-13-14-33(51)49-43(31)55/h10-11,15-16,18,30-32,35-36H,9,12-14,17,19-24H2,1-8H3,(H,48,54)(H,49,51,55)(H2,56,57,58)/b27-15-. The Morgan fingerprint density at radius 1 is 1.00 bits per heavy atom. The van der Waals surface area contributed by atoms with E-state index in [2.05, 4.69) is 21.6 Å². The number of ether oxygens (including phenoxy) is 4. The van der Waals surface area contributed by atoms with E-state index < -0.39 is 83.6 Å². The van der Waals surface area contributed by atoms with Gasteiger partial charge in [0.1, 0.15) is 28.7 Å². The summed E-state index contributed by atoms with van der Waals surface area (Å²) in [4.78, 5) is 92.9. The van der Waals surface area contributed by atoms with Crippen LogP contribution in [0.4, 0.5) is 0 Å². The summed E-state index contributed by atoms with van der Waals surface area (Å²) in [6, 6.07) is -1.64. The minimum atomic E-state index is -5.32. The molecule has 8 atom stereocenters. The highest BCUT2D eigenvalue weighted by molar-refractivity contribution is 7.46. The van der Waals surface area contributed by atoms with Crippen LogP contribution in [0.25, 0.3) is 6.08 Å². The van der Waals surface area contributed by atoms with Gasteiger partial charge in [0.05, 0.1) is 30.3 Å². The number of allylic oxidation sites excluding steroid dienone is 4. The molecule has 6 fully saturated rings. The third-order valence-electron chi connectivity index (χ3n) is 14.3. The van der Waals surface area contributed by atoms with Gasteiger partial charge in [0.2, 0.25) is 17.7 Å². The smallest absolute Gasteiger partial charge is 0.482 e. The van der Waals surface area contributed by atoms with Crippen molar-refractivity contribution >= 4 is 43.2 Å². The summed E-state index contributed by atoms with van der Waals surface area (Å²) in [6.45, 7) is 16.7. The van der Waals surface area contributed by atoms with Gasteiger partial charge in [-0.1, -0.05) is 29.4 Å². The van der Waals surface area contributed by atoms with Crippen molar-refractivity contribution in [2.75, 3.05) is 26.3 Å². The monoisotopic (exact) mass is 905 g/mol. The van der Waals surface area contributed by atoms with Gasteiger partial charge in [0, 0.05) is 54.9 Å². The maximum Gasteiger partial charge on any atom is 0.524 e. The molecule has 1 spiro atoms. The van der Waals surface area contributed by atoms with E-state index in [-0.39, 0.29) is 65.4 Å². The van der Waals surface area contributed by atoms with Gasteiger partial charge < -0.3 is 28.8 Å². The second-order valence-corrected chi connectivity index (χ2v) is 20.8. The van der Waals surface area contributed by atoms with E-state index >= 15 is 9.59 Å². The second kappa shape index (κ2) is 16.5. The van der Waals surface area contributed by atoms with Crippen molar-refractivity contribution in [3.63, 3.8) is 0 Å². The Morgan fingerprint density at radius 3 is 2.36 bits per heavy atom. The predicted octanol–water partition coefficient (Wildman–Crippen LogP) is 5.23. The summed E-state index contributed by atoms with van der Waals surface area (Å²) in [5.74, 6) is -4.88. The number of fused-ring (bicyclic) bond motifs is 2. The fourth-order valence-corrected chi connectivity index (χ4v) is 11.8. The van der Waals surface area contributed by atoms with E-state index in [1.54, 1.807) is 19.1 Å². The normalized spacial score (nSPS) is 32.7. The molecule has 8 unspecified atom stereocenters. The number of Topliss-reactive ketones (excluding diaryl/α,β-unsaturated/α-hetero) is 2. The Hall–Kier alpha value is -4.44. The highest BCUT2D eigenvalue weighted by Crippen LogP contribution is 2.71. The van der Waals surface area contributed by atoms with Crippen LogP contribution in [0.1, 0.15) is 115 Å². The van der Waals surface area contributed by atoms with Crippen LogP contribution in [-0.4, -0.2) is 105 Å². The number of hydrogen-bond acceptors (Lipinski definition) is 12. The molecule has 8 aliphatic rings. The number of phosphoric ester groups is 1. The number of nitrogens with zero attached hydrogens (tertiary/aromatic N) is 1. The lowest BCUT2D eigenvalue weighted by Crippen LogP contribution is -2.82. The zero-order valence-electron chi connectivity index (χ0n) is 37.8. The number of carbonyl (C=O) groups excluding carboxylic acids is 5. The van der Waals surface area contributed by atoms with Crippen molar-refractivity contribution in [2.24, 2.45) is 17.8 Å². The molecular formula is C47H60N3O13P. The lowest BCUT2D eigenvalue weighted by atomic mass is 9.44. The number of ketones is 2. The van der Waals surface area contributed by atoms with Crippen molar-refractivity contribution in [1.29, 1.82) is 0 Å². The molecular weight excluding hydrogens is 845 g/mol. The van der Waals surface area contributed by atoms with E-state index in [0.717, 1.165) is 11.1 Å². The second-order valence-electron chi connectivity index (χ2n) is 19.6. The molecule has 5 heterocycles. The van der Waals surface area contributed by atoms with Crippen LogP contribution in [0.15, 0.2) is 41.0 Å². The van der Waals surface area contributed by atoms with Gasteiger partial charge in [-0.05, 0) is 99.6 Å². The summed E-state index contributed by atoms with van der Waals surface area (Å²) in [7, 11) is -5.32. The molecule has 17 heteroatoms. The molecule has 3 amide bonds. The maximum atomic E-state index is 16.1. The molecule has 1 aromatic carbocycles. The highest BCUT2D eigenvalue weighted by atomic mass is 31.2. The van der Waals surface area contributed by atoms with Gasteiger partial charge in [0.15, 0.2) is 28.5 Å². The molecule has 3 saturated heterocycles. The molecule has 9 rings (SSSR count). The molecule has 3 aliphatic carbocycles. The highest BCUT2D eigenvalue weighted by Gasteiger charge is 2.86. The quantitative estimate of drug-likeness (QED) is 0.0915. The van der Waals surface area contributed by atoms with E-state index in [9.17, 15) is 28.7 Å². The minimum absolute atomic E-state index is 0.00348. The fourth-order valence-electron chi connectivity index (χ4n) is 11.4. The van der Waals surface area contributed by atoms with Gasteiger partial charge in [-0.25, -0.2) is 4.57 Å². The third kappa shape index (κ3) is 7.71. The molecule has 5 aliphatic heterocycles. The molecule has 346 valence electrons. The number of phosphoric acid groups is 1. The molecule has 0 aromatic heterocycles. The van der Waals surface area contributed by atoms with Crippen LogP contribution in [0.5, 0.6) is 17.2 Å². The lowest BCUT2D eigenvalue weighted by molar-refractivity contribution is -0.215. The van der Waals surface area contributed by atoms with Crippen molar-refractivity contribution in [2.45, 2.75) is 135 Å². The van der Waals surface area contributed by atoms with Crippen LogP contribution < -0.4 is 24.6 Å². The first-order valence-corrected chi connectivity index (χ1v) is 23.8. The number of hydrogen-bond donors (Lipinski definition) is 4. The molecule has 4 bridgehead atoms. The Labute approximate surface area is 373 Å². The summed E-state index contributed by atoms with van der Waals surface area (Å²) in [5.41, 5.74) is -2.67. The number of nitrogens with one attached hydrogen (secondary N) is 2. The van der Waals surface area contributed by atoms with E-state index in [0.29, 0.717) is 51.1 Å². The Bertz CT molecular complexity index is 2370. The number of benzene rings is 1. The number of rotatable bonds is 12. The average Bonchev–Trinajstić information content (AvgIpc) is 3.35. The predicted molar refractivity (Wildman–Crippen MR) is 234 cm³/mol. The largest absolute Gasteiger partial charge is 0.524 e. The van der Waals surface area contributed by atoms with E-state index in [4.69, 9.17) is 23.5 Å². The Balaban J connectivity index is 1.34. The first kappa shape index (κ1) is 46.1. The van der Waals surface area contributed by atoms with Crippen LogP contribution >= 0.6 is 7.82 Å². The van der Waals surface area contributed by atoms with Gasteiger partial charge in [-0.3, -0.25) is 44.0 Å². The maximum absolute atomic E-state index is 16.1. The fraction of sp³-hybridized carbons (Fsp3) is 0.596. The van der Waals surface area contributed by atoms with E-state index in [1.807, 2.05) is 60.6 Å². The van der Waals surface area contributed by atoms with Crippen LogP contribution in [-0.2, 0) is 39.6 Å². The summed E-state index contributed by atoms with van der Waals surface area (Å²) >= 11 is 0. The van der Waals surface area contributed by atoms with Crippen LogP contribution in [0.2, 0.25) is 0 Å². The Morgan fingerprint density at radius 2 is 1.70 bits per heavy atom. The summed E-state index contributed by atoms with van der Waals surface area (Å²) in [5, 5.41) is 4.96. The molecule has 16 nitrogen and oxygen atoms in total. The lowest BCUT2D eigenvalue weighted by Gasteiger charge is -2.64. The minimum Gasteiger partial charge on any atom is -0.482 e. The molecule has 4 N–H and O–H groups in total. The van der Waals surface area contributed by atoms with Crippen molar-refractivity contribution in [3.8, 4) is 17.2 Å². The van der Waals surface area contributed by atoms with Crippen molar-refractivity contribution in [3.05, 3.63) is 57.7 Å². The van der Waals surface area contributed by atoms with Gasteiger partial charge in [-0.15, -0.1) is 0 Å². The molecule has 3 saturated carbocycles. The van der Waals surface area contributed by atoms with Crippen LogP contribution in [0, 0.1) is 17.8 Å². The number of carbonyl (C=O) groups is 5. The summed E-state index contributed by atoms with van der Waals surface area (Å²) < 4.78 is 45.8. The topological polar surface area (TPSA) is 216 Å². The average molecular weight is 906 g/mol. The number of morpholine rings is 1. The van der Waals surface area contributed by atoms with Crippen molar-refractivity contribution < 1.29 is 61.8 Å². The van der Waals surface area contributed by atoms with Gasteiger partial charge in [0.25, 0.3) is 0 Å². The summed E-state index contributed by atoms with van der Waals surface area (Å²) in [6.07, 6.45) is 11.0. The Kier molecular flexibility index (Phi) is 11.9. The van der Waals surface area contributed by atoms with E-state index in [1.165, 1.54) is 0 Å².